The second kappa shape index (κ2) is 14.6. The SMILES string of the molecule is CCCCCCCCCCCCN=c1ccn(C)cc1.I. The number of pyridine rings is 1. The lowest BCUT2D eigenvalue weighted by molar-refractivity contribution is 0.557. The first-order valence-corrected chi connectivity index (χ1v) is 8.45. The number of hydrogen-bond acceptors (Lipinski definition) is 1. The van der Waals surface area contributed by atoms with Gasteiger partial charge in [-0.2, -0.15) is 0 Å². The van der Waals surface area contributed by atoms with E-state index in [0.717, 1.165) is 11.9 Å². The second-order valence-electron chi connectivity index (χ2n) is 5.79. The van der Waals surface area contributed by atoms with Crippen LogP contribution in [0.3, 0.4) is 0 Å². The summed E-state index contributed by atoms with van der Waals surface area (Å²) >= 11 is 0. The van der Waals surface area contributed by atoms with Crippen molar-refractivity contribution < 1.29 is 0 Å². The molecule has 0 aliphatic carbocycles. The van der Waals surface area contributed by atoms with Crippen LogP contribution in [0.4, 0.5) is 0 Å². The Kier molecular flexibility index (Phi) is 14.4. The summed E-state index contributed by atoms with van der Waals surface area (Å²) in [6, 6.07) is 4.16. The van der Waals surface area contributed by atoms with E-state index in [1.54, 1.807) is 0 Å². The van der Waals surface area contributed by atoms with Gasteiger partial charge in [-0.25, -0.2) is 0 Å². The van der Waals surface area contributed by atoms with Gasteiger partial charge in [-0.1, -0.05) is 64.7 Å². The minimum Gasteiger partial charge on any atom is -0.357 e. The molecular weight excluding hydrogens is 371 g/mol. The third-order valence-electron chi connectivity index (χ3n) is 3.77. The molecule has 3 heteroatoms. The zero-order chi connectivity index (χ0) is 14.5. The highest BCUT2D eigenvalue weighted by molar-refractivity contribution is 14.0. The molecule has 0 bridgehead atoms. The Labute approximate surface area is 148 Å². The van der Waals surface area contributed by atoms with Gasteiger partial charge in [-0.15, -0.1) is 24.0 Å². The quantitative estimate of drug-likeness (QED) is 0.344. The topological polar surface area (TPSA) is 17.3 Å². The first-order chi connectivity index (χ1) is 9.83. The summed E-state index contributed by atoms with van der Waals surface area (Å²) in [6.45, 7) is 3.25. The van der Waals surface area contributed by atoms with Gasteiger partial charge in [-0.3, -0.25) is 4.99 Å². The third kappa shape index (κ3) is 12.0. The number of halogens is 1. The molecule has 0 saturated carbocycles. The average Bonchev–Trinajstić information content (AvgIpc) is 2.47. The fourth-order valence-corrected chi connectivity index (χ4v) is 2.41. The summed E-state index contributed by atoms with van der Waals surface area (Å²) in [5, 5.41) is 1.11. The Morgan fingerprint density at radius 1 is 0.810 bits per heavy atom. The maximum Gasteiger partial charge on any atom is 0.0603 e. The van der Waals surface area contributed by atoms with E-state index in [-0.39, 0.29) is 24.0 Å². The van der Waals surface area contributed by atoms with Crippen LogP contribution in [0.1, 0.15) is 71.1 Å². The third-order valence-corrected chi connectivity index (χ3v) is 3.77. The van der Waals surface area contributed by atoms with Gasteiger partial charge >= 0.3 is 0 Å². The van der Waals surface area contributed by atoms with Gasteiger partial charge in [0.05, 0.1) is 5.36 Å². The average molecular weight is 404 g/mol. The molecule has 0 spiro atoms. The lowest BCUT2D eigenvalue weighted by Gasteiger charge is -2.01. The number of rotatable bonds is 11. The maximum absolute atomic E-state index is 4.60. The lowest BCUT2D eigenvalue weighted by Crippen LogP contribution is -2.03. The number of hydrogen-bond donors (Lipinski definition) is 0. The predicted octanol–water partition coefficient (Wildman–Crippen LogP) is 5.46. The molecule has 2 nitrogen and oxygen atoms in total. The Morgan fingerprint density at radius 3 is 1.81 bits per heavy atom. The molecule has 0 aliphatic heterocycles. The van der Waals surface area contributed by atoms with Crippen molar-refractivity contribution in [1.29, 1.82) is 0 Å². The van der Waals surface area contributed by atoms with Crippen LogP contribution in [-0.2, 0) is 7.05 Å². The summed E-state index contributed by atoms with van der Waals surface area (Å²) in [5.74, 6) is 0. The van der Waals surface area contributed by atoms with Crippen LogP contribution in [-0.4, -0.2) is 11.1 Å². The van der Waals surface area contributed by atoms with Crippen LogP contribution in [0.2, 0.25) is 0 Å². The highest BCUT2D eigenvalue weighted by atomic mass is 127. The van der Waals surface area contributed by atoms with E-state index in [9.17, 15) is 0 Å². The van der Waals surface area contributed by atoms with Crippen molar-refractivity contribution in [3.63, 3.8) is 0 Å². The van der Waals surface area contributed by atoms with Gasteiger partial charge in [-0.05, 0) is 18.6 Å². The van der Waals surface area contributed by atoms with Gasteiger partial charge in [0.25, 0.3) is 0 Å². The zero-order valence-corrected chi connectivity index (χ0v) is 16.2. The van der Waals surface area contributed by atoms with Crippen molar-refractivity contribution in [3.05, 3.63) is 29.9 Å². The minimum atomic E-state index is 0. The largest absolute Gasteiger partial charge is 0.357 e. The van der Waals surface area contributed by atoms with E-state index in [0.29, 0.717) is 0 Å². The van der Waals surface area contributed by atoms with Gasteiger partial charge in [0.1, 0.15) is 0 Å². The smallest absolute Gasteiger partial charge is 0.0603 e. The van der Waals surface area contributed by atoms with Crippen molar-refractivity contribution in [2.75, 3.05) is 6.54 Å². The van der Waals surface area contributed by atoms with Gasteiger partial charge < -0.3 is 4.57 Å². The van der Waals surface area contributed by atoms with Crippen molar-refractivity contribution in [3.8, 4) is 0 Å². The maximum atomic E-state index is 4.60. The van der Waals surface area contributed by atoms with E-state index in [1.165, 1.54) is 64.2 Å². The van der Waals surface area contributed by atoms with Crippen LogP contribution >= 0.6 is 24.0 Å². The summed E-state index contributed by atoms with van der Waals surface area (Å²) in [5.41, 5.74) is 0. The fourth-order valence-electron chi connectivity index (χ4n) is 2.41. The van der Waals surface area contributed by atoms with Crippen molar-refractivity contribution in [1.82, 2.24) is 4.57 Å². The molecule has 1 aromatic rings. The Morgan fingerprint density at radius 2 is 1.29 bits per heavy atom. The van der Waals surface area contributed by atoms with E-state index >= 15 is 0 Å². The standard InChI is InChI=1S/C18H32N2.HI/c1-3-4-5-6-7-8-9-10-11-12-15-19-18-13-16-20(2)17-14-18;/h13-14,16-17H,3-12,15H2,1-2H3;1H. The molecule has 0 aliphatic rings. The van der Waals surface area contributed by atoms with Crippen LogP contribution < -0.4 is 5.36 Å². The normalized spacial score (nSPS) is 10.2. The lowest BCUT2D eigenvalue weighted by atomic mass is 10.1. The zero-order valence-electron chi connectivity index (χ0n) is 13.9. The molecule has 1 rings (SSSR count). The molecule has 1 aromatic heterocycles. The highest BCUT2D eigenvalue weighted by Crippen LogP contribution is 2.10. The first-order valence-electron chi connectivity index (χ1n) is 8.45. The second-order valence-corrected chi connectivity index (χ2v) is 5.79. The monoisotopic (exact) mass is 404 g/mol. The number of aromatic nitrogens is 1. The van der Waals surface area contributed by atoms with Gasteiger partial charge in [0.15, 0.2) is 0 Å². The molecule has 0 N–H and O–H groups in total. The molecule has 0 saturated heterocycles. The first kappa shape index (κ1) is 20.7. The van der Waals surface area contributed by atoms with Crippen molar-refractivity contribution in [2.24, 2.45) is 12.0 Å². The van der Waals surface area contributed by atoms with E-state index in [2.05, 4.69) is 36.4 Å². The van der Waals surface area contributed by atoms with Crippen LogP contribution in [0.15, 0.2) is 29.5 Å². The molecule has 21 heavy (non-hydrogen) atoms. The van der Waals surface area contributed by atoms with Crippen LogP contribution in [0.25, 0.3) is 0 Å². The van der Waals surface area contributed by atoms with Gasteiger partial charge in [0.2, 0.25) is 0 Å². The number of aryl methyl sites for hydroxylation is 1. The van der Waals surface area contributed by atoms with Crippen molar-refractivity contribution in [2.45, 2.75) is 71.1 Å². The summed E-state index contributed by atoms with van der Waals surface area (Å²) in [4.78, 5) is 4.60. The Hall–Kier alpha value is -0.320. The fraction of sp³-hybridized carbons (Fsp3) is 0.722. The van der Waals surface area contributed by atoms with Crippen molar-refractivity contribution >= 4 is 24.0 Å². The van der Waals surface area contributed by atoms with E-state index in [4.69, 9.17) is 0 Å². The molecule has 122 valence electrons. The molecule has 0 unspecified atom stereocenters. The predicted molar refractivity (Wildman–Crippen MR) is 103 cm³/mol. The number of nitrogens with zero attached hydrogens (tertiary/aromatic N) is 2. The molecule has 1 heterocycles. The molecule has 0 radical (unpaired) electrons. The van der Waals surface area contributed by atoms with E-state index in [1.807, 2.05) is 11.6 Å². The number of unbranched alkanes of at least 4 members (excludes halogenated alkanes) is 9. The molecule has 0 amide bonds. The Bertz CT molecular complexity index is 378. The van der Waals surface area contributed by atoms with Gasteiger partial charge in [0, 0.05) is 26.0 Å². The van der Waals surface area contributed by atoms with Crippen LogP contribution in [0, 0.1) is 0 Å². The summed E-state index contributed by atoms with van der Waals surface area (Å²) in [7, 11) is 2.03. The molecule has 0 aromatic carbocycles. The molecule has 0 atom stereocenters. The molecule has 0 fully saturated rings. The Balaban J connectivity index is 0.00000400. The summed E-state index contributed by atoms with van der Waals surface area (Å²) in [6.07, 6.45) is 18.0. The highest BCUT2D eigenvalue weighted by Gasteiger charge is 1.92. The summed E-state index contributed by atoms with van der Waals surface area (Å²) < 4.78 is 2.04. The molecular formula is C18H33IN2. The minimum absolute atomic E-state index is 0. The van der Waals surface area contributed by atoms with Crippen LogP contribution in [0.5, 0.6) is 0 Å². The van der Waals surface area contributed by atoms with E-state index < -0.39 is 0 Å².